The molecule has 130 valence electrons. The number of nitriles is 1. The number of amides is 1. The van der Waals surface area contributed by atoms with Crippen LogP contribution in [0.5, 0.6) is 0 Å². The van der Waals surface area contributed by atoms with Gasteiger partial charge >= 0.3 is 0 Å². The van der Waals surface area contributed by atoms with Gasteiger partial charge in [0.1, 0.15) is 11.8 Å². The third-order valence-corrected chi connectivity index (χ3v) is 4.31. The van der Waals surface area contributed by atoms with Crippen LogP contribution in [0.4, 0.5) is 11.4 Å². The monoisotopic (exact) mass is 346 g/mol. The maximum absolute atomic E-state index is 12.9. The molecule has 1 heterocycles. The van der Waals surface area contributed by atoms with Gasteiger partial charge in [-0.1, -0.05) is 24.3 Å². The number of ketones is 1. The van der Waals surface area contributed by atoms with E-state index in [9.17, 15) is 9.59 Å². The molecule has 0 bridgehead atoms. The number of hydrogen-bond acceptors (Lipinski definition) is 5. The lowest BCUT2D eigenvalue weighted by atomic mass is 10.1. The summed E-state index contributed by atoms with van der Waals surface area (Å²) in [4.78, 5) is 26.4. The van der Waals surface area contributed by atoms with E-state index in [2.05, 4.69) is 11.2 Å². The number of Topliss-reactive ketones (excluding diaryl/α,β-unsaturated/α-hetero) is 1. The van der Waals surface area contributed by atoms with Crippen molar-refractivity contribution in [3.63, 3.8) is 0 Å². The fourth-order valence-corrected chi connectivity index (χ4v) is 2.87. The normalized spacial score (nSPS) is 16.0. The molecule has 6 heteroatoms. The largest absolute Gasteiger partial charge is 0.310 e. The van der Waals surface area contributed by atoms with Crippen molar-refractivity contribution in [1.82, 2.24) is 0 Å². The molecule has 3 rings (SSSR count). The van der Waals surface area contributed by atoms with Crippen LogP contribution in [0.15, 0.2) is 59.7 Å². The van der Waals surface area contributed by atoms with Gasteiger partial charge in [-0.2, -0.15) is 10.4 Å². The molecule has 2 aromatic carbocycles. The van der Waals surface area contributed by atoms with Crippen molar-refractivity contribution >= 4 is 28.8 Å². The Morgan fingerprint density at radius 2 is 1.92 bits per heavy atom. The summed E-state index contributed by atoms with van der Waals surface area (Å²) >= 11 is 0. The Morgan fingerprint density at radius 3 is 2.58 bits per heavy atom. The van der Waals surface area contributed by atoms with E-state index in [0.717, 1.165) is 5.69 Å². The Hall–Kier alpha value is -3.46. The molecule has 0 saturated heterocycles. The molecule has 1 aliphatic rings. The minimum absolute atomic E-state index is 0.0467. The van der Waals surface area contributed by atoms with Gasteiger partial charge in [0, 0.05) is 19.2 Å². The van der Waals surface area contributed by atoms with E-state index in [1.807, 2.05) is 30.3 Å². The molecular formula is C20H18N4O2. The van der Waals surface area contributed by atoms with Gasteiger partial charge in [0.15, 0.2) is 5.78 Å². The van der Waals surface area contributed by atoms with Crippen LogP contribution in [0.1, 0.15) is 18.9 Å². The highest BCUT2D eigenvalue weighted by Gasteiger charge is 2.35. The first-order valence-corrected chi connectivity index (χ1v) is 8.21. The van der Waals surface area contributed by atoms with Crippen molar-refractivity contribution in [2.24, 2.45) is 5.10 Å². The Balaban J connectivity index is 1.89. The fourth-order valence-electron chi connectivity index (χ4n) is 2.87. The molecule has 0 aromatic heterocycles. The first kappa shape index (κ1) is 17.4. The smallest absolute Gasteiger partial charge is 0.274 e. The van der Waals surface area contributed by atoms with Crippen molar-refractivity contribution in [2.75, 3.05) is 17.0 Å². The highest BCUT2D eigenvalue weighted by atomic mass is 16.2. The third-order valence-electron chi connectivity index (χ3n) is 4.31. The van der Waals surface area contributed by atoms with Crippen molar-refractivity contribution in [3.05, 3.63) is 60.2 Å². The zero-order valence-electron chi connectivity index (χ0n) is 14.6. The summed E-state index contributed by atoms with van der Waals surface area (Å²) in [5.41, 5.74) is 2.17. The van der Waals surface area contributed by atoms with Crippen molar-refractivity contribution < 1.29 is 9.59 Å². The number of hydrazone groups is 1. The zero-order chi connectivity index (χ0) is 18.7. The molecule has 6 nitrogen and oxygen atoms in total. The topological polar surface area (TPSA) is 76.8 Å². The Labute approximate surface area is 152 Å². The lowest BCUT2D eigenvalue weighted by molar-refractivity contribution is -0.118. The van der Waals surface area contributed by atoms with E-state index in [1.165, 1.54) is 11.8 Å². The molecule has 0 spiro atoms. The van der Waals surface area contributed by atoms with Crippen LogP contribution in [0, 0.1) is 11.3 Å². The number of benzene rings is 2. The quantitative estimate of drug-likeness (QED) is 0.853. The van der Waals surface area contributed by atoms with Crippen LogP contribution >= 0.6 is 0 Å². The Bertz CT molecular complexity index is 915. The molecular weight excluding hydrogens is 328 g/mol. The van der Waals surface area contributed by atoms with Gasteiger partial charge in [-0.25, -0.2) is 0 Å². The van der Waals surface area contributed by atoms with E-state index in [1.54, 1.807) is 36.3 Å². The van der Waals surface area contributed by atoms with Crippen molar-refractivity contribution in [3.8, 4) is 6.07 Å². The summed E-state index contributed by atoms with van der Waals surface area (Å²) in [6, 6.07) is 17.7. The molecule has 0 aliphatic carbocycles. The number of nitrogens with zero attached hydrogens (tertiary/aromatic N) is 4. The number of para-hydroxylation sites is 1. The van der Waals surface area contributed by atoms with Gasteiger partial charge in [-0.05, 0) is 37.3 Å². The van der Waals surface area contributed by atoms with Gasteiger partial charge in [-0.3, -0.25) is 14.6 Å². The number of anilines is 2. The zero-order valence-corrected chi connectivity index (χ0v) is 14.6. The van der Waals surface area contributed by atoms with E-state index < -0.39 is 6.04 Å². The summed E-state index contributed by atoms with van der Waals surface area (Å²) in [7, 11) is 1.63. The molecule has 0 N–H and O–H groups in total. The van der Waals surface area contributed by atoms with E-state index >= 15 is 0 Å². The van der Waals surface area contributed by atoms with Crippen LogP contribution in [0.3, 0.4) is 0 Å². The predicted molar refractivity (Wildman–Crippen MR) is 100 cm³/mol. The summed E-state index contributed by atoms with van der Waals surface area (Å²) in [5.74, 6) is -0.334. The minimum Gasteiger partial charge on any atom is -0.310 e. The maximum Gasteiger partial charge on any atom is 0.274 e. The second kappa shape index (κ2) is 7.19. The Kier molecular flexibility index (Phi) is 4.81. The van der Waals surface area contributed by atoms with Crippen LogP contribution in [0.2, 0.25) is 0 Å². The lowest BCUT2D eigenvalue weighted by Crippen LogP contribution is -2.35. The first-order chi connectivity index (χ1) is 12.5. The molecule has 1 atom stereocenters. The second-order valence-corrected chi connectivity index (χ2v) is 6.08. The number of rotatable bonds is 4. The average Bonchev–Trinajstić information content (AvgIpc) is 3.13. The molecule has 1 aliphatic heterocycles. The number of carbonyl (C=O) groups excluding carboxylic acids is 2. The van der Waals surface area contributed by atoms with Crippen LogP contribution in [0.25, 0.3) is 0 Å². The minimum atomic E-state index is -0.491. The summed E-state index contributed by atoms with van der Waals surface area (Å²) in [6.45, 7) is 1.50. The SMILES string of the molecule is CC(=O)[C@@H]1CC(C(=O)N(C)c2cccc(C#N)c2)=NN1c1ccccc1. The second-order valence-electron chi connectivity index (χ2n) is 6.08. The van der Waals surface area contributed by atoms with Gasteiger partial charge in [0.2, 0.25) is 0 Å². The van der Waals surface area contributed by atoms with E-state index in [-0.39, 0.29) is 18.1 Å². The highest BCUT2D eigenvalue weighted by molar-refractivity contribution is 6.44. The van der Waals surface area contributed by atoms with Crippen LogP contribution in [-0.4, -0.2) is 30.5 Å². The Morgan fingerprint density at radius 1 is 1.19 bits per heavy atom. The molecule has 0 saturated carbocycles. The molecule has 0 unspecified atom stereocenters. The van der Waals surface area contributed by atoms with Gasteiger partial charge < -0.3 is 4.90 Å². The summed E-state index contributed by atoms with van der Waals surface area (Å²) < 4.78 is 0. The summed E-state index contributed by atoms with van der Waals surface area (Å²) in [5, 5.41) is 15.1. The van der Waals surface area contributed by atoms with Crippen molar-refractivity contribution in [1.29, 1.82) is 5.26 Å². The fraction of sp³-hybridized carbons (Fsp3) is 0.200. The van der Waals surface area contributed by atoms with Gasteiger partial charge in [0.25, 0.3) is 5.91 Å². The van der Waals surface area contributed by atoms with Crippen LogP contribution in [-0.2, 0) is 9.59 Å². The lowest BCUT2D eigenvalue weighted by Gasteiger charge is -2.20. The average molecular weight is 346 g/mol. The van der Waals surface area contributed by atoms with E-state index in [4.69, 9.17) is 5.26 Å². The summed E-state index contributed by atoms with van der Waals surface area (Å²) in [6.07, 6.45) is 0.255. The standard InChI is InChI=1S/C20H18N4O2/c1-14(25)19-12-18(22-24(19)16-8-4-3-5-9-16)20(26)23(2)17-10-6-7-15(11-17)13-21/h3-11,19H,12H2,1-2H3/t19-/m0/s1. The molecule has 2 aromatic rings. The van der Waals surface area contributed by atoms with Gasteiger partial charge in [-0.15, -0.1) is 0 Å². The molecule has 0 fully saturated rings. The molecule has 0 radical (unpaired) electrons. The highest BCUT2D eigenvalue weighted by Crippen LogP contribution is 2.26. The van der Waals surface area contributed by atoms with Crippen molar-refractivity contribution in [2.45, 2.75) is 19.4 Å². The third kappa shape index (κ3) is 3.33. The van der Waals surface area contributed by atoms with Gasteiger partial charge in [0.05, 0.1) is 17.3 Å². The first-order valence-electron chi connectivity index (χ1n) is 8.21. The number of hydrogen-bond donors (Lipinski definition) is 0. The predicted octanol–water partition coefficient (Wildman–Crippen LogP) is 2.74. The van der Waals surface area contributed by atoms with Crippen LogP contribution < -0.4 is 9.91 Å². The molecule has 1 amide bonds. The molecule has 26 heavy (non-hydrogen) atoms. The van der Waals surface area contributed by atoms with E-state index in [0.29, 0.717) is 17.0 Å². The maximum atomic E-state index is 12.9. The number of carbonyl (C=O) groups is 2.